The van der Waals surface area contributed by atoms with Crippen LogP contribution in [0.4, 0.5) is 0 Å². The lowest BCUT2D eigenvalue weighted by Gasteiger charge is -2.24. The molecule has 1 aliphatic rings. The van der Waals surface area contributed by atoms with Gasteiger partial charge in [-0.1, -0.05) is 13.0 Å². The molecule has 0 saturated heterocycles. The van der Waals surface area contributed by atoms with Crippen LogP contribution in [0.1, 0.15) is 37.9 Å². The zero-order valence-electron chi connectivity index (χ0n) is 18.6. The molecule has 162 valence electrons. The van der Waals surface area contributed by atoms with Crippen molar-refractivity contribution in [2.75, 3.05) is 27.7 Å². The lowest BCUT2D eigenvalue weighted by molar-refractivity contribution is 0.0461. The first kappa shape index (κ1) is 23.3. The third-order valence-corrected chi connectivity index (χ3v) is 5.26. The molecule has 2 rings (SSSR count). The minimum atomic E-state index is -0.620. The average molecular weight is 405 g/mol. The summed E-state index contributed by atoms with van der Waals surface area (Å²) in [7, 11) is 7.26. The quantitative estimate of drug-likeness (QED) is 0.437. The van der Waals surface area contributed by atoms with Gasteiger partial charge in [0.15, 0.2) is 0 Å². The van der Waals surface area contributed by atoms with Crippen LogP contribution in [-0.2, 0) is 29.5 Å². The molecule has 0 bridgehead atoms. The fourth-order valence-corrected chi connectivity index (χ4v) is 3.48. The number of nitrogens with zero attached hydrogens (tertiary/aromatic N) is 3. The maximum Gasteiger partial charge on any atom is 0.125 e. The molecule has 3 atom stereocenters. The third-order valence-electron chi connectivity index (χ3n) is 5.26. The largest absolute Gasteiger partial charge is 0.498 e. The van der Waals surface area contributed by atoms with Crippen LogP contribution in [0.2, 0.25) is 0 Å². The van der Waals surface area contributed by atoms with Crippen molar-refractivity contribution < 1.29 is 14.6 Å². The molecule has 2 N–H and O–H groups in total. The number of aliphatic imine (C=N–C) groups is 1. The Kier molecular flexibility index (Phi) is 9.07. The lowest BCUT2D eigenvalue weighted by atomic mass is 9.90. The standard InChI is InChI=1S/C22H36N4O3/c1-15-10-17(11-21(28-6)22(15)27)19(24-4)12-20-18(13-26(5)25-20)14-29-16(2)8-7-9-23-3/h10-11,13,15-16,22-23,27H,7-9,12,14H2,1-6H3. The molecule has 1 aromatic heterocycles. The number of aryl methyl sites for hydroxylation is 1. The Bertz CT molecular complexity index is 751. The summed E-state index contributed by atoms with van der Waals surface area (Å²) in [6, 6.07) is 0. The molecule has 1 heterocycles. The number of nitrogens with one attached hydrogen (secondary N) is 1. The lowest BCUT2D eigenvalue weighted by Crippen LogP contribution is -2.25. The van der Waals surface area contributed by atoms with Gasteiger partial charge in [-0.15, -0.1) is 0 Å². The van der Waals surface area contributed by atoms with Crippen molar-refractivity contribution in [3.05, 3.63) is 40.9 Å². The van der Waals surface area contributed by atoms with Crippen molar-refractivity contribution in [3.8, 4) is 0 Å². The Labute approximate surface area is 174 Å². The minimum absolute atomic E-state index is 0.0355. The average Bonchev–Trinajstić information content (AvgIpc) is 3.05. The fourth-order valence-electron chi connectivity index (χ4n) is 3.48. The van der Waals surface area contributed by atoms with E-state index in [9.17, 15) is 5.11 Å². The van der Waals surface area contributed by atoms with E-state index in [1.807, 2.05) is 44.0 Å². The van der Waals surface area contributed by atoms with Crippen molar-refractivity contribution in [3.63, 3.8) is 0 Å². The normalized spacial score (nSPS) is 21.0. The number of hydrogen-bond acceptors (Lipinski definition) is 6. The monoisotopic (exact) mass is 404 g/mol. The van der Waals surface area contributed by atoms with E-state index in [1.165, 1.54) is 0 Å². The SMILES string of the molecule is CN=C(Cc1nn(C)cc1COC(C)CCCNC)C1=CC(C)C(O)C(OC)=C1. The van der Waals surface area contributed by atoms with Crippen LogP contribution in [0, 0.1) is 5.92 Å². The Hall–Kier alpha value is -1.96. The highest BCUT2D eigenvalue weighted by Gasteiger charge is 2.25. The second-order valence-corrected chi connectivity index (χ2v) is 7.67. The zero-order valence-corrected chi connectivity index (χ0v) is 18.6. The van der Waals surface area contributed by atoms with E-state index in [0.717, 1.165) is 41.9 Å². The van der Waals surface area contributed by atoms with Gasteiger partial charge in [0.05, 0.1) is 25.5 Å². The van der Waals surface area contributed by atoms with Crippen LogP contribution in [0.15, 0.2) is 34.7 Å². The van der Waals surface area contributed by atoms with Gasteiger partial charge in [0.1, 0.15) is 11.9 Å². The van der Waals surface area contributed by atoms with E-state index >= 15 is 0 Å². The van der Waals surface area contributed by atoms with E-state index in [-0.39, 0.29) is 12.0 Å². The second-order valence-electron chi connectivity index (χ2n) is 7.67. The fraction of sp³-hybridized carbons (Fsp3) is 0.636. The highest BCUT2D eigenvalue weighted by atomic mass is 16.5. The summed E-state index contributed by atoms with van der Waals surface area (Å²) in [4.78, 5) is 4.50. The molecule has 0 aliphatic heterocycles. The van der Waals surface area contributed by atoms with Crippen molar-refractivity contribution >= 4 is 5.71 Å². The van der Waals surface area contributed by atoms with Crippen LogP contribution < -0.4 is 5.32 Å². The van der Waals surface area contributed by atoms with E-state index < -0.39 is 6.10 Å². The predicted octanol–water partition coefficient (Wildman–Crippen LogP) is 2.41. The van der Waals surface area contributed by atoms with E-state index in [1.54, 1.807) is 14.2 Å². The first-order chi connectivity index (χ1) is 13.9. The van der Waals surface area contributed by atoms with Crippen LogP contribution in [0.5, 0.6) is 0 Å². The van der Waals surface area contributed by atoms with Crippen LogP contribution in [0.3, 0.4) is 0 Å². The summed E-state index contributed by atoms with van der Waals surface area (Å²) >= 11 is 0. The third kappa shape index (κ3) is 6.52. The summed E-state index contributed by atoms with van der Waals surface area (Å²) in [5.74, 6) is 0.530. The molecule has 0 spiro atoms. The Balaban J connectivity index is 2.09. The number of aliphatic hydroxyl groups is 1. The van der Waals surface area contributed by atoms with E-state index in [2.05, 4.69) is 22.3 Å². The maximum atomic E-state index is 10.2. The zero-order chi connectivity index (χ0) is 21.4. The second kappa shape index (κ2) is 11.3. The van der Waals surface area contributed by atoms with Crippen molar-refractivity contribution in [2.24, 2.45) is 18.0 Å². The molecule has 0 radical (unpaired) electrons. The first-order valence-electron chi connectivity index (χ1n) is 10.3. The van der Waals surface area contributed by atoms with Gasteiger partial charge in [0.2, 0.25) is 0 Å². The Morgan fingerprint density at radius 2 is 2.21 bits per heavy atom. The van der Waals surface area contributed by atoms with Crippen molar-refractivity contribution in [1.29, 1.82) is 0 Å². The van der Waals surface area contributed by atoms with Gasteiger partial charge in [-0.05, 0) is 45.0 Å². The molecule has 3 unspecified atom stereocenters. The maximum absolute atomic E-state index is 10.2. The van der Waals surface area contributed by atoms with E-state index in [4.69, 9.17) is 9.47 Å². The molecule has 0 fully saturated rings. The number of methoxy groups -OCH3 is 1. The number of ether oxygens (including phenoxy) is 2. The Morgan fingerprint density at radius 1 is 1.45 bits per heavy atom. The summed E-state index contributed by atoms with van der Waals surface area (Å²) in [5.41, 5.74) is 3.93. The van der Waals surface area contributed by atoms with Gasteiger partial charge < -0.3 is 19.9 Å². The van der Waals surface area contributed by atoms with Gasteiger partial charge in [-0.25, -0.2) is 0 Å². The molecular weight excluding hydrogens is 368 g/mol. The van der Waals surface area contributed by atoms with Crippen LogP contribution in [-0.4, -0.2) is 60.6 Å². The van der Waals surface area contributed by atoms with Gasteiger partial charge in [0, 0.05) is 43.9 Å². The minimum Gasteiger partial charge on any atom is -0.498 e. The molecule has 1 aromatic rings. The van der Waals surface area contributed by atoms with E-state index in [0.29, 0.717) is 18.8 Å². The molecule has 29 heavy (non-hydrogen) atoms. The molecule has 7 heteroatoms. The van der Waals surface area contributed by atoms with Gasteiger partial charge in [-0.2, -0.15) is 5.10 Å². The number of hydrogen-bond donors (Lipinski definition) is 2. The Morgan fingerprint density at radius 3 is 2.86 bits per heavy atom. The first-order valence-corrected chi connectivity index (χ1v) is 10.3. The van der Waals surface area contributed by atoms with Gasteiger partial charge in [0.25, 0.3) is 0 Å². The number of aromatic nitrogens is 2. The summed E-state index contributed by atoms with van der Waals surface area (Å²) in [6.45, 7) is 5.62. The van der Waals surface area contributed by atoms with Crippen LogP contribution >= 0.6 is 0 Å². The molecule has 0 saturated carbocycles. The number of rotatable bonds is 11. The van der Waals surface area contributed by atoms with Crippen LogP contribution in [0.25, 0.3) is 0 Å². The molecule has 0 aromatic carbocycles. The van der Waals surface area contributed by atoms with Crippen molar-refractivity contribution in [2.45, 2.75) is 51.9 Å². The molecule has 0 amide bonds. The highest BCUT2D eigenvalue weighted by Crippen LogP contribution is 2.25. The van der Waals surface area contributed by atoms with Crippen molar-refractivity contribution in [1.82, 2.24) is 15.1 Å². The van der Waals surface area contributed by atoms with Gasteiger partial charge >= 0.3 is 0 Å². The van der Waals surface area contributed by atoms with Gasteiger partial charge in [-0.3, -0.25) is 9.67 Å². The topological polar surface area (TPSA) is 80.9 Å². The molecule has 1 aliphatic carbocycles. The summed E-state index contributed by atoms with van der Waals surface area (Å²) in [6.07, 6.45) is 8.23. The smallest absolute Gasteiger partial charge is 0.125 e. The highest BCUT2D eigenvalue weighted by molar-refractivity contribution is 6.04. The summed E-state index contributed by atoms with van der Waals surface area (Å²) in [5, 5.41) is 18.0. The molecular formula is C22H36N4O3. The molecule has 7 nitrogen and oxygen atoms in total. The predicted molar refractivity (Wildman–Crippen MR) is 116 cm³/mol. The summed E-state index contributed by atoms with van der Waals surface area (Å²) < 4.78 is 13.2. The number of aliphatic hydroxyl groups excluding tert-OH is 1. The number of allylic oxidation sites excluding steroid dienone is 2.